The highest BCUT2D eigenvalue weighted by molar-refractivity contribution is 7.10. The highest BCUT2D eigenvalue weighted by Crippen LogP contribution is 2.26. The van der Waals surface area contributed by atoms with Crippen molar-refractivity contribution in [2.45, 2.75) is 32.0 Å². The fraction of sp³-hybridized carbons (Fsp3) is 0.471. The van der Waals surface area contributed by atoms with Crippen molar-refractivity contribution < 1.29 is 9.84 Å². The van der Waals surface area contributed by atoms with Crippen molar-refractivity contribution in [3.05, 3.63) is 52.0 Å². The van der Waals surface area contributed by atoms with E-state index in [9.17, 15) is 5.11 Å². The van der Waals surface area contributed by atoms with Crippen LogP contribution in [-0.4, -0.2) is 40.8 Å². The second-order valence-corrected chi connectivity index (χ2v) is 6.77. The maximum absolute atomic E-state index is 10.4. The van der Waals surface area contributed by atoms with Crippen molar-refractivity contribution in [3.8, 4) is 0 Å². The van der Waals surface area contributed by atoms with Crippen LogP contribution in [0.2, 0.25) is 0 Å². The zero-order valence-electron chi connectivity index (χ0n) is 12.8. The Morgan fingerprint density at radius 2 is 2.36 bits per heavy atom. The van der Waals surface area contributed by atoms with E-state index >= 15 is 0 Å². The fourth-order valence-electron chi connectivity index (χ4n) is 2.77. The van der Waals surface area contributed by atoms with Gasteiger partial charge in [-0.3, -0.25) is 9.88 Å². The lowest BCUT2D eigenvalue weighted by atomic mass is 10.1. The van der Waals surface area contributed by atoms with Crippen molar-refractivity contribution in [2.24, 2.45) is 0 Å². The minimum Gasteiger partial charge on any atom is -0.388 e. The molecule has 0 aromatic carbocycles. The van der Waals surface area contributed by atoms with Gasteiger partial charge in [-0.2, -0.15) is 0 Å². The largest absolute Gasteiger partial charge is 0.388 e. The van der Waals surface area contributed by atoms with Gasteiger partial charge in [0, 0.05) is 30.2 Å². The van der Waals surface area contributed by atoms with Crippen molar-refractivity contribution in [2.75, 3.05) is 19.8 Å². The summed E-state index contributed by atoms with van der Waals surface area (Å²) < 4.78 is 5.62. The Bertz CT molecular complexity index is 571. The summed E-state index contributed by atoms with van der Waals surface area (Å²) in [6.07, 6.45) is 2.19. The molecule has 1 fully saturated rings. The molecule has 1 aliphatic rings. The normalized spacial score (nSPS) is 20.9. The first-order valence-electron chi connectivity index (χ1n) is 7.67. The molecular formula is C17H22N2O2S. The highest BCUT2D eigenvalue weighted by atomic mass is 32.1. The van der Waals surface area contributed by atoms with Crippen LogP contribution in [0.4, 0.5) is 0 Å². The van der Waals surface area contributed by atoms with Gasteiger partial charge in [-0.15, -0.1) is 11.3 Å². The van der Waals surface area contributed by atoms with E-state index < -0.39 is 6.10 Å². The van der Waals surface area contributed by atoms with Crippen LogP contribution in [0.3, 0.4) is 0 Å². The number of hydrogen-bond donors (Lipinski definition) is 1. The Kier molecular flexibility index (Phi) is 5.20. The van der Waals surface area contributed by atoms with Crippen molar-refractivity contribution >= 4 is 11.3 Å². The Morgan fingerprint density at radius 3 is 3.09 bits per heavy atom. The van der Waals surface area contributed by atoms with E-state index in [0.29, 0.717) is 13.0 Å². The molecule has 118 valence electrons. The zero-order valence-corrected chi connectivity index (χ0v) is 13.6. The summed E-state index contributed by atoms with van der Waals surface area (Å²) in [6.45, 7) is 5.17. The third-order valence-corrected chi connectivity index (χ3v) is 5.03. The van der Waals surface area contributed by atoms with Gasteiger partial charge >= 0.3 is 0 Å². The smallest absolute Gasteiger partial charge is 0.0897 e. The first-order valence-corrected chi connectivity index (χ1v) is 8.55. The number of nitrogens with zero attached hydrogens (tertiary/aromatic N) is 2. The maximum Gasteiger partial charge on any atom is 0.0897 e. The summed E-state index contributed by atoms with van der Waals surface area (Å²) in [5.41, 5.74) is 2.25. The third-order valence-electron chi connectivity index (χ3n) is 4.05. The number of thiophene rings is 1. The van der Waals surface area contributed by atoms with E-state index in [1.54, 1.807) is 11.3 Å². The standard InChI is InChI=1S/C17H22N2O2S/c1-13-4-5-14(18-10-13)11-19-6-7-21-12-15(19)9-16(20)17-3-2-8-22-17/h2-5,8,10,15-16,20H,6-7,9,11-12H2,1H3. The number of aliphatic hydroxyl groups is 1. The Hall–Kier alpha value is -1.27. The van der Waals surface area contributed by atoms with Gasteiger partial charge in [0.2, 0.25) is 0 Å². The van der Waals surface area contributed by atoms with Gasteiger partial charge in [-0.05, 0) is 36.4 Å². The lowest BCUT2D eigenvalue weighted by molar-refractivity contribution is -0.0301. The summed E-state index contributed by atoms with van der Waals surface area (Å²) in [5, 5.41) is 12.4. The predicted octanol–water partition coefficient (Wildman–Crippen LogP) is 2.78. The zero-order chi connectivity index (χ0) is 15.4. The quantitative estimate of drug-likeness (QED) is 0.921. The number of hydrogen-bond acceptors (Lipinski definition) is 5. The lowest BCUT2D eigenvalue weighted by Gasteiger charge is -2.36. The second-order valence-electron chi connectivity index (χ2n) is 5.79. The molecule has 3 heterocycles. The van der Waals surface area contributed by atoms with E-state index in [4.69, 9.17) is 4.74 Å². The summed E-state index contributed by atoms with van der Waals surface area (Å²) in [7, 11) is 0. The molecule has 0 spiro atoms. The molecule has 3 rings (SSSR count). The van der Waals surface area contributed by atoms with Gasteiger partial charge in [-0.1, -0.05) is 12.1 Å². The average molecular weight is 318 g/mol. The molecule has 1 aliphatic heterocycles. The van der Waals surface area contributed by atoms with E-state index in [2.05, 4.69) is 22.0 Å². The number of aliphatic hydroxyl groups excluding tert-OH is 1. The van der Waals surface area contributed by atoms with Gasteiger partial charge in [-0.25, -0.2) is 0 Å². The monoisotopic (exact) mass is 318 g/mol. The third kappa shape index (κ3) is 3.93. The minimum atomic E-state index is -0.417. The van der Waals surface area contributed by atoms with Crippen LogP contribution in [0.15, 0.2) is 35.8 Å². The SMILES string of the molecule is Cc1ccc(CN2CCOCC2CC(O)c2cccs2)nc1. The van der Waals surface area contributed by atoms with Crippen LogP contribution in [0, 0.1) is 6.92 Å². The Morgan fingerprint density at radius 1 is 1.45 bits per heavy atom. The molecule has 0 aliphatic carbocycles. The van der Waals surface area contributed by atoms with Crippen molar-refractivity contribution in [1.82, 2.24) is 9.88 Å². The molecule has 2 unspecified atom stereocenters. The molecule has 1 N–H and O–H groups in total. The van der Waals surface area contributed by atoms with E-state index in [1.807, 2.05) is 30.6 Å². The van der Waals surface area contributed by atoms with Crippen LogP contribution >= 0.6 is 11.3 Å². The molecule has 2 aromatic heterocycles. The first kappa shape index (κ1) is 15.6. The molecule has 5 heteroatoms. The topological polar surface area (TPSA) is 45.6 Å². The molecule has 0 saturated carbocycles. The number of aromatic nitrogens is 1. The maximum atomic E-state index is 10.4. The molecule has 22 heavy (non-hydrogen) atoms. The van der Waals surface area contributed by atoms with E-state index in [-0.39, 0.29) is 6.04 Å². The fourth-order valence-corrected chi connectivity index (χ4v) is 3.49. The average Bonchev–Trinajstić information content (AvgIpc) is 3.06. The molecule has 2 aromatic rings. The van der Waals surface area contributed by atoms with Crippen LogP contribution in [-0.2, 0) is 11.3 Å². The van der Waals surface area contributed by atoms with Gasteiger partial charge in [0.15, 0.2) is 0 Å². The van der Waals surface area contributed by atoms with Gasteiger partial charge in [0.25, 0.3) is 0 Å². The number of rotatable bonds is 5. The van der Waals surface area contributed by atoms with Crippen molar-refractivity contribution in [1.29, 1.82) is 0 Å². The lowest BCUT2D eigenvalue weighted by Crippen LogP contribution is -2.45. The summed E-state index contributed by atoms with van der Waals surface area (Å²) >= 11 is 1.60. The molecule has 2 atom stereocenters. The molecular weight excluding hydrogens is 296 g/mol. The Labute approximate surface area is 135 Å². The summed E-state index contributed by atoms with van der Waals surface area (Å²) in [5.74, 6) is 0. The highest BCUT2D eigenvalue weighted by Gasteiger charge is 2.26. The molecule has 0 radical (unpaired) electrons. The first-order chi connectivity index (χ1) is 10.7. The Balaban J connectivity index is 1.64. The second kappa shape index (κ2) is 7.33. The van der Waals surface area contributed by atoms with E-state index in [1.165, 1.54) is 5.56 Å². The minimum absolute atomic E-state index is 0.231. The summed E-state index contributed by atoms with van der Waals surface area (Å²) in [6, 6.07) is 8.38. The molecule has 0 bridgehead atoms. The molecule has 1 saturated heterocycles. The number of ether oxygens (including phenoxy) is 1. The van der Waals surface area contributed by atoms with Crippen LogP contribution in [0.25, 0.3) is 0 Å². The van der Waals surface area contributed by atoms with Gasteiger partial charge in [0.05, 0.1) is 25.0 Å². The molecule has 4 nitrogen and oxygen atoms in total. The van der Waals surface area contributed by atoms with Crippen LogP contribution in [0.1, 0.15) is 28.7 Å². The number of morpholine rings is 1. The van der Waals surface area contributed by atoms with Gasteiger partial charge in [0.1, 0.15) is 0 Å². The van der Waals surface area contributed by atoms with Crippen molar-refractivity contribution in [3.63, 3.8) is 0 Å². The number of pyridine rings is 1. The predicted molar refractivity (Wildman–Crippen MR) is 87.9 cm³/mol. The number of aryl methyl sites for hydroxylation is 1. The van der Waals surface area contributed by atoms with Gasteiger partial charge < -0.3 is 9.84 Å². The molecule has 0 amide bonds. The van der Waals surface area contributed by atoms with E-state index in [0.717, 1.165) is 30.3 Å². The van der Waals surface area contributed by atoms with Crippen LogP contribution < -0.4 is 0 Å². The summed E-state index contributed by atoms with van der Waals surface area (Å²) in [4.78, 5) is 7.89. The van der Waals surface area contributed by atoms with Crippen LogP contribution in [0.5, 0.6) is 0 Å².